The number of benzene rings is 2. The predicted molar refractivity (Wildman–Crippen MR) is 122 cm³/mol. The number of ether oxygens (including phenoxy) is 2. The van der Waals surface area contributed by atoms with Crippen LogP contribution in [0, 0.1) is 0 Å². The van der Waals surface area contributed by atoms with Crippen LogP contribution in [0.25, 0.3) is 5.69 Å². The second kappa shape index (κ2) is 9.50. The summed E-state index contributed by atoms with van der Waals surface area (Å²) in [7, 11) is 3.08. The summed E-state index contributed by atoms with van der Waals surface area (Å²) in [5.41, 5.74) is 1.19. The Kier molecular flexibility index (Phi) is 6.50. The molecule has 1 unspecified atom stereocenters. The van der Waals surface area contributed by atoms with Gasteiger partial charge in [-0.15, -0.1) is 5.10 Å². The number of carbonyl (C=O) groups is 2. The minimum Gasteiger partial charge on any atom is -0.497 e. The summed E-state index contributed by atoms with van der Waals surface area (Å²) in [4.78, 5) is 33.7. The van der Waals surface area contributed by atoms with Gasteiger partial charge in [-0.3, -0.25) is 9.59 Å². The Hall–Kier alpha value is -3.59. The molecule has 1 aromatic heterocycles. The molecule has 0 spiro atoms. The van der Waals surface area contributed by atoms with Crippen molar-refractivity contribution >= 4 is 23.4 Å². The summed E-state index contributed by atoms with van der Waals surface area (Å²) in [6, 6.07) is 12.0. The molecule has 10 heteroatoms. The summed E-state index contributed by atoms with van der Waals surface area (Å²) < 4.78 is 12.1. The van der Waals surface area contributed by atoms with Crippen LogP contribution in [0.4, 0.5) is 0 Å². The molecule has 33 heavy (non-hydrogen) atoms. The van der Waals surface area contributed by atoms with Crippen molar-refractivity contribution in [3.63, 3.8) is 0 Å². The van der Waals surface area contributed by atoms with E-state index in [1.807, 2.05) is 13.0 Å². The fraction of sp³-hybridized carbons (Fsp3) is 0.304. The van der Waals surface area contributed by atoms with Crippen LogP contribution in [0.5, 0.6) is 11.5 Å². The second-order valence-corrected chi connectivity index (χ2v) is 8.13. The Bertz CT molecular complexity index is 1160. The first-order valence-corrected chi connectivity index (χ1v) is 10.8. The number of aromatic nitrogens is 3. The first-order valence-electron chi connectivity index (χ1n) is 10.4. The van der Waals surface area contributed by atoms with E-state index in [1.165, 1.54) is 25.2 Å². The lowest BCUT2D eigenvalue weighted by atomic mass is 10.1. The average molecular weight is 470 g/mol. The van der Waals surface area contributed by atoms with Crippen LogP contribution in [-0.2, 0) is 0 Å². The van der Waals surface area contributed by atoms with Crippen molar-refractivity contribution in [3.05, 3.63) is 65.2 Å². The first kappa shape index (κ1) is 22.6. The Labute approximate surface area is 196 Å². The van der Waals surface area contributed by atoms with Gasteiger partial charge >= 0.3 is 0 Å². The smallest absolute Gasteiger partial charge is 0.293 e. The molecule has 1 aliphatic rings. The molecule has 0 N–H and O–H groups in total. The molecule has 172 valence electrons. The number of carbonyl (C=O) groups excluding carboxylic acids is 2. The zero-order valence-corrected chi connectivity index (χ0v) is 19.3. The molecule has 0 saturated carbocycles. The maximum absolute atomic E-state index is 13.2. The largest absolute Gasteiger partial charge is 0.497 e. The lowest BCUT2D eigenvalue weighted by Crippen LogP contribution is -2.55. The third-order valence-corrected chi connectivity index (χ3v) is 5.76. The van der Waals surface area contributed by atoms with Gasteiger partial charge in [-0.2, -0.15) is 0 Å². The molecule has 4 rings (SSSR count). The van der Waals surface area contributed by atoms with Crippen molar-refractivity contribution in [1.82, 2.24) is 24.6 Å². The highest BCUT2D eigenvalue weighted by Gasteiger charge is 2.32. The van der Waals surface area contributed by atoms with Crippen LogP contribution in [0.2, 0.25) is 5.02 Å². The summed E-state index contributed by atoms with van der Waals surface area (Å²) in [5.74, 6) is 0.758. The van der Waals surface area contributed by atoms with Gasteiger partial charge in [-0.05, 0) is 37.3 Å². The van der Waals surface area contributed by atoms with E-state index in [2.05, 4.69) is 10.1 Å². The highest BCUT2D eigenvalue weighted by atomic mass is 35.5. The Morgan fingerprint density at radius 3 is 2.39 bits per heavy atom. The average Bonchev–Trinajstić information content (AvgIpc) is 3.33. The Balaban J connectivity index is 1.45. The topological polar surface area (TPSA) is 89.8 Å². The third kappa shape index (κ3) is 4.78. The highest BCUT2D eigenvalue weighted by molar-refractivity contribution is 6.30. The molecule has 0 radical (unpaired) electrons. The van der Waals surface area contributed by atoms with Crippen molar-refractivity contribution in [3.8, 4) is 17.2 Å². The van der Waals surface area contributed by atoms with E-state index < -0.39 is 0 Å². The van der Waals surface area contributed by atoms with E-state index in [-0.39, 0.29) is 23.7 Å². The molecule has 1 atom stereocenters. The number of rotatable bonds is 5. The molecule has 3 aromatic rings. The Morgan fingerprint density at radius 2 is 1.76 bits per heavy atom. The molecule has 9 nitrogen and oxygen atoms in total. The number of methoxy groups -OCH3 is 2. The van der Waals surface area contributed by atoms with E-state index >= 15 is 0 Å². The maximum Gasteiger partial charge on any atom is 0.293 e. The summed E-state index contributed by atoms with van der Waals surface area (Å²) in [6.07, 6.45) is 1.48. The minimum atomic E-state index is -0.280. The molecule has 1 aliphatic heterocycles. The zero-order valence-electron chi connectivity index (χ0n) is 18.6. The van der Waals surface area contributed by atoms with Gasteiger partial charge < -0.3 is 19.3 Å². The first-order chi connectivity index (χ1) is 15.9. The van der Waals surface area contributed by atoms with E-state index in [1.54, 1.807) is 46.2 Å². The number of piperazine rings is 1. The van der Waals surface area contributed by atoms with Crippen LogP contribution in [0.3, 0.4) is 0 Å². The number of hydrogen-bond acceptors (Lipinski definition) is 6. The van der Waals surface area contributed by atoms with Crippen molar-refractivity contribution < 1.29 is 19.1 Å². The lowest BCUT2D eigenvalue weighted by molar-refractivity contribution is 0.0408. The minimum absolute atomic E-state index is 0.0967. The van der Waals surface area contributed by atoms with Gasteiger partial charge in [-0.1, -0.05) is 17.7 Å². The molecular formula is C23H24ClN5O4. The van der Waals surface area contributed by atoms with E-state index in [0.29, 0.717) is 47.4 Å². The van der Waals surface area contributed by atoms with Crippen molar-refractivity contribution in [1.29, 1.82) is 0 Å². The van der Waals surface area contributed by atoms with Crippen molar-refractivity contribution in [2.24, 2.45) is 0 Å². The lowest BCUT2D eigenvalue weighted by Gasteiger charge is -2.39. The summed E-state index contributed by atoms with van der Waals surface area (Å²) in [5, 5.41) is 4.88. The summed E-state index contributed by atoms with van der Waals surface area (Å²) >= 11 is 6.04. The fourth-order valence-electron chi connectivity index (χ4n) is 3.79. The van der Waals surface area contributed by atoms with E-state index in [0.717, 1.165) is 0 Å². The molecular weight excluding hydrogens is 446 g/mol. The quantitative estimate of drug-likeness (QED) is 0.570. The van der Waals surface area contributed by atoms with Crippen LogP contribution >= 0.6 is 11.6 Å². The Morgan fingerprint density at radius 1 is 1.03 bits per heavy atom. The zero-order chi connectivity index (χ0) is 23.5. The van der Waals surface area contributed by atoms with E-state index in [4.69, 9.17) is 21.1 Å². The van der Waals surface area contributed by atoms with Gasteiger partial charge in [0.2, 0.25) is 5.82 Å². The fourth-order valence-corrected chi connectivity index (χ4v) is 3.97. The van der Waals surface area contributed by atoms with Crippen LogP contribution < -0.4 is 9.47 Å². The standard InChI is InChI=1S/C23H24ClN5O4/c1-15-13-27(23(31)21-25-14-29(26-21)18-6-4-5-17(24)11-18)7-8-28(15)22(30)16-9-19(32-2)12-20(10-16)33-3/h4-6,9-12,14-15H,7-8,13H2,1-3H3. The van der Waals surface area contributed by atoms with Gasteiger partial charge in [0.05, 0.1) is 19.9 Å². The number of amides is 2. The maximum atomic E-state index is 13.2. The molecule has 2 heterocycles. The van der Waals surface area contributed by atoms with Crippen LogP contribution in [0.1, 0.15) is 27.9 Å². The summed E-state index contributed by atoms with van der Waals surface area (Å²) in [6.45, 7) is 3.05. The molecule has 1 fully saturated rings. The van der Waals surface area contributed by atoms with Crippen LogP contribution in [0.15, 0.2) is 48.8 Å². The predicted octanol–water partition coefficient (Wildman–Crippen LogP) is 2.92. The molecule has 1 saturated heterocycles. The molecule has 2 aromatic carbocycles. The normalized spacial score (nSPS) is 15.9. The van der Waals surface area contributed by atoms with Gasteiger partial charge in [-0.25, -0.2) is 9.67 Å². The second-order valence-electron chi connectivity index (χ2n) is 7.69. The van der Waals surface area contributed by atoms with Crippen molar-refractivity contribution in [2.75, 3.05) is 33.9 Å². The molecule has 0 aliphatic carbocycles. The van der Waals surface area contributed by atoms with Gasteiger partial charge in [0.1, 0.15) is 17.8 Å². The number of halogens is 1. The van der Waals surface area contributed by atoms with Gasteiger partial charge in [0.15, 0.2) is 0 Å². The third-order valence-electron chi connectivity index (χ3n) is 5.53. The van der Waals surface area contributed by atoms with Gasteiger partial charge in [0, 0.05) is 42.3 Å². The number of nitrogens with zero attached hydrogens (tertiary/aromatic N) is 5. The molecule has 2 amide bonds. The van der Waals surface area contributed by atoms with Gasteiger partial charge in [0.25, 0.3) is 11.8 Å². The van der Waals surface area contributed by atoms with Crippen molar-refractivity contribution in [2.45, 2.75) is 13.0 Å². The monoisotopic (exact) mass is 469 g/mol. The SMILES string of the molecule is COc1cc(OC)cc(C(=O)N2CCN(C(=O)c3ncn(-c4cccc(Cl)c4)n3)CC2C)c1. The van der Waals surface area contributed by atoms with Crippen LogP contribution in [-0.4, -0.2) is 76.3 Å². The molecule has 0 bridgehead atoms. The highest BCUT2D eigenvalue weighted by Crippen LogP contribution is 2.25. The number of hydrogen-bond donors (Lipinski definition) is 0. The van der Waals surface area contributed by atoms with E-state index in [9.17, 15) is 9.59 Å².